The zero-order valence-electron chi connectivity index (χ0n) is 14.2. The summed E-state index contributed by atoms with van der Waals surface area (Å²) in [6, 6.07) is 4.46. The lowest BCUT2D eigenvalue weighted by Crippen LogP contribution is -2.46. The molecule has 1 amide bonds. The first-order valence-electron chi connectivity index (χ1n) is 7.86. The lowest BCUT2D eigenvalue weighted by molar-refractivity contribution is -0.124. The van der Waals surface area contributed by atoms with Crippen LogP contribution in [-0.2, 0) is 14.8 Å². The quantitative estimate of drug-likeness (QED) is 0.899. The Balaban J connectivity index is 2.47. The number of benzene rings is 1. The van der Waals surface area contributed by atoms with E-state index in [0.29, 0.717) is 25.9 Å². The van der Waals surface area contributed by atoms with Gasteiger partial charge in [0.1, 0.15) is 6.04 Å². The predicted octanol–water partition coefficient (Wildman–Crippen LogP) is 1.35. The van der Waals surface area contributed by atoms with Crippen molar-refractivity contribution < 1.29 is 13.2 Å². The van der Waals surface area contributed by atoms with Crippen LogP contribution >= 0.6 is 0 Å². The van der Waals surface area contributed by atoms with E-state index in [9.17, 15) is 13.2 Å². The van der Waals surface area contributed by atoms with E-state index < -0.39 is 16.1 Å². The van der Waals surface area contributed by atoms with Gasteiger partial charge in [-0.2, -0.15) is 4.31 Å². The topological polar surface area (TPSA) is 69.7 Å². The first-order chi connectivity index (χ1) is 10.8. The number of amides is 1. The van der Waals surface area contributed by atoms with Gasteiger partial charge < -0.3 is 10.2 Å². The third kappa shape index (κ3) is 3.50. The third-order valence-electron chi connectivity index (χ3n) is 4.16. The zero-order chi connectivity index (χ0) is 17.2. The number of carbonyl (C=O) groups excluding carboxylic acids is 1. The minimum Gasteiger partial charge on any atom is -0.377 e. The van der Waals surface area contributed by atoms with Crippen molar-refractivity contribution in [3.8, 4) is 0 Å². The molecule has 1 fully saturated rings. The van der Waals surface area contributed by atoms with Gasteiger partial charge in [0.2, 0.25) is 15.9 Å². The van der Waals surface area contributed by atoms with Gasteiger partial charge in [-0.25, -0.2) is 8.42 Å². The molecule has 7 heteroatoms. The Morgan fingerprint density at radius 2 is 2.04 bits per heavy atom. The number of rotatable bonds is 4. The van der Waals surface area contributed by atoms with Crippen LogP contribution in [0.5, 0.6) is 0 Å². The molecule has 1 aromatic carbocycles. The monoisotopic (exact) mass is 339 g/mol. The summed E-state index contributed by atoms with van der Waals surface area (Å²) in [5, 5.41) is 2.78. The zero-order valence-corrected chi connectivity index (χ0v) is 15.0. The van der Waals surface area contributed by atoms with E-state index in [0.717, 1.165) is 11.3 Å². The predicted molar refractivity (Wildman–Crippen MR) is 91.1 cm³/mol. The van der Waals surface area contributed by atoms with Crippen LogP contribution in [0.3, 0.4) is 0 Å². The van der Waals surface area contributed by atoms with Gasteiger partial charge in [-0.15, -0.1) is 0 Å². The first-order valence-corrected chi connectivity index (χ1v) is 9.30. The highest BCUT2D eigenvalue weighted by Crippen LogP contribution is 2.27. The molecule has 0 radical (unpaired) electrons. The molecule has 1 saturated heterocycles. The van der Waals surface area contributed by atoms with Gasteiger partial charge >= 0.3 is 0 Å². The normalized spacial score (nSPS) is 20.0. The van der Waals surface area contributed by atoms with Gasteiger partial charge in [-0.3, -0.25) is 4.79 Å². The number of nitrogens with one attached hydrogen (secondary N) is 1. The lowest BCUT2D eigenvalue weighted by atomic mass is 10.2. The van der Waals surface area contributed by atoms with Crippen molar-refractivity contribution in [3.05, 3.63) is 23.8 Å². The molecule has 23 heavy (non-hydrogen) atoms. The van der Waals surface area contributed by atoms with Gasteiger partial charge in [0.05, 0.1) is 4.90 Å². The van der Waals surface area contributed by atoms with Crippen LogP contribution in [0.25, 0.3) is 0 Å². The molecule has 0 unspecified atom stereocenters. The number of nitrogens with zero attached hydrogens (tertiary/aromatic N) is 2. The largest absolute Gasteiger partial charge is 0.377 e. The van der Waals surface area contributed by atoms with Crippen LogP contribution in [-0.4, -0.2) is 51.9 Å². The highest BCUT2D eigenvalue weighted by atomic mass is 32.2. The van der Waals surface area contributed by atoms with E-state index in [1.807, 2.05) is 32.8 Å². The van der Waals surface area contributed by atoms with Crippen molar-refractivity contribution in [2.45, 2.75) is 37.6 Å². The fourth-order valence-electron chi connectivity index (χ4n) is 2.89. The second kappa shape index (κ2) is 6.88. The molecule has 0 saturated carbocycles. The lowest BCUT2D eigenvalue weighted by Gasteiger charge is -2.27. The summed E-state index contributed by atoms with van der Waals surface area (Å²) < 4.78 is 27.5. The molecule has 6 nitrogen and oxygen atoms in total. The Morgan fingerprint density at radius 3 is 2.65 bits per heavy atom. The maximum atomic E-state index is 13.1. The molecule has 2 rings (SSSR count). The third-order valence-corrected chi connectivity index (χ3v) is 6.06. The van der Waals surface area contributed by atoms with Crippen LogP contribution in [0, 0.1) is 6.92 Å². The molecule has 1 aliphatic rings. The summed E-state index contributed by atoms with van der Waals surface area (Å²) in [5.41, 5.74) is 1.87. The van der Waals surface area contributed by atoms with Crippen molar-refractivity contribution in [2.24, 2.45) is 0 Å². The second-order valence-electron chi connectivity index (χ2n) is 6.03. The number of sulfonamides is 1. The molecule has 0 spiro atoms. The summed E-state index contributed by atoms with van der Waals surface area (Å²) in [5.74, 6) is -0.214. The minimum atomic E-state index is -3.71. The average molecular weight is 339 g/mol. The molecule has 1 atom stereocenters. The van der Waals surface area contributed by atoms with E-state index >= 15 is 0 Å². The second-order valence-corrected chi connectivity index (χ2v) is 7.92. The molecule has 1 aromatic rings. The Bertz CT molecular complexity index is 686. The van der Waals surface area contributed by atoms with Gasteiger partial charge in [-0.05, 0) is 37.5 Å². The average Bonchev–Trinajstić information content (AvgIpc) is 2.68. The Kier molecular flexibility index (Phi) is 5.31. The SMILES string of the molecule is CC[C@@H]1C(=O)NCCCN1S(=O)(=O)c1ccc(C)c(N(C)C)c1. The van der Waals surface area contributed by atoms with Gasteiger partial charge in [0, 0.05) is 32.9 Å². The molecule has 0 bridgehead atoms. The van der Waals surface area contributed by atoms with Crippen LogP contribution in [0.15, 0.2) is 23.1 Å². The summed E-state index contributed by atoms with van der Waals surface area (Å²) in [6.45, 7) is 4.64. The molecule has 1 heterocycles. The fraction of sp³-hybridized carbons (Fsp3) is 0.562. The van der Waals surface area contributed by atoms with Crippen molar-refractivity contribution >= 4 is 21.6 Å². The molecule has 1 aliphatic heterocycles. The summed E-state index contributed by atoms with van der Waals surface area (Å²) >= 11 is 0. The number of hydrogen-bond acceptors (Lipinski definition) is 4. The molecule has 0 aromatic heterocycles. The summed E-state index contributed by atoms with van der Waals surface area (Å²) in [7, 11) is 0.0573. The van der Waals surface area contributed by atoms with E-state index in [2.05, 4.69) is 5.32 Å². The number of carbonyl (C=O) groups is 1. The number of hydrogen-bond donors (Lipinski definition) is 1. The summed E-state index contributed by atoms with van der Waals surface area (Å²) in [6.07, 6.45) is 1.07. The maximum Gasteiger partial charge on any atom is 0.243 e. The van der Waals surface area contributed by atoms with Gasteiger partial charge in [0.15, 0.2) is 0 Å². The molecular weight excluding hydrogens is 314 g/mol. The van der Waals surface area contributed by atoms with Gasteiger partial charge in [-0.1, -0.05) is 13.0 Å². The Hall–Kier alpha value is -1.60. The van der Waals surface area contributed by atoms with E-state index in [1.165, 1.54) is 4.31 Å². The highest BCUT2D eigenvalue weighted by molar-refractivity contribution is 7.89. The van der Waals surface area contributed by atoms with Crippen LogP contribution in [0.1, 0.15) is 25.3 Å². The van der Waals surface area contributed by atoms with Crippen molar-refractivity contribution in [1.82, 2.24) is 9.62 Å². The van der Waals surface area contributed by atoms with Crippen LogP contribution in [0.4, 0.5) is 5.69 Å². The van der Waals surface area contributed by atoms with Gasteiger partial charge in [0.25, 0.3) is 0 Å². The smallest absolute Gasteiger partial charge is 0.243 e. The Labute approximate surface area is 138 Å². The fourth-order valence-corrected chi connectivity index (χ4v) is 4.62. The maximum absolute atomic E-state index is 13.1. The highest BCUT2D eigenvalue weighted by Gasteiger charge is 2.36. The number of anilines is 1. The Morgan fingerprint density at radius 1 is 1.35 bits per heavy atom. The first kappa shape index (κ1) is 17.7. The van der Waals surface area contributed by atoms with Crippen LogP contribution < -0.4 is 10.2 Å². The van der Waals surface area contributed by atoms with Crippen molar-refractivity contribution in [2.75, 3.05) is 32.1 Å². The molecule has 1 N–H and O–H groups in total. The standard InChI is InChI=1S/C16H25N3O3S/c1-5-14-16(20)17-9-6-10-19(14)23(21,22)13-8-7-12(2)15(11-13)18(3)4/h7-8,11,14H,5-6,9-10H2,1-4H3,(H,17,20)/t14-/m1/s1. The number of aryl methyl sites for hydroxylation is 1. The van der Waals surface area contributed by atoms with Crippen LogP contribution in [0.2, 0.25) is 0 Å². The summed E-state index contributed by atoms with van der Waals surface area (Å²) in [4.78, 5) is 14.3. The molecular formula is C16H25N3O3S. The van der Waals surface area contributed by atoms with Crippen molar-refractivity contribution in [3.63, 3.8) is 0 Å². The van der Waals surface area contributed by atoms with E-state index in [4.69, 9.17) is 0 Å². The minimum absolute atomic E-state index is 0.214. The molecule has 0 aliphatic carbocycles. The van der Waals surface area contributed by atoms with E-state index in [1.54, 1.807) is 18.2 Å². The van der Waals surface area contributed by atoms with E-state index in [-0.39, 0.29) is 10.8 Å². The molecule has 128 valence electrons. The van der Waals surface area contributed by atoms with Crippen molar-refractivity contribution in [1.29, 1.82) is 0 Å².